The monoisotopic (exact) mass is 281 g/mol. The van der Waals surface area contributed by atoms with Gasteiger partial charge in [0.15, 0.2) is 0 Å². The molecule has 3 nitrogen and oxygen atoms in total. The van der Waals surface area contributed by atoms with Crippen molar-refractivity contribution in [1.29, 1.82) is 0 Å². The van der Waals surface area contributed by atoms with Crippen molar-refractivity contribution in [2.45, 2.75) is 19.3 Å². The fraction of sp³-hybridized carbons (Fsp3) is 0.533. The summed E-state index contributed by atoms with van der Waals surface area (Å²) in [5.74, 6) is 0.674. The van der Waals surface area contributed by atoms with Crippen LogP contribution in [0.15, 0.2) is 24.3 Å². The van der Waals surface area contributed by atoms with Crippen LogP contribution in [0.4, 0.5) is 0 Å². The maximum Gasteiger partial charge on any atom is 0.255 e. The molecule has 1 aliphatic heterocycles. The number of carbonyl (C=O) groups is 1. The summed E-state index contributed by atoms with van der Waals surface area (Å²) < 4.78 is 5.34. The number of rotatable bonds is 4. The first-order valence-electron chi connectivity index (χ1n) is 6.76. The average molecular weight is 282 g/mol. The van der Waals surface area contributed by atoms with Crippen LogP contribution in [0.5, 0.6) is 0 Å². The van der Waals surface area contributed by atoms with E-state index in [4.69, 9.17) is 16.3 Å². The second kappa shape index (κ2) is 6.92. The first-order valence-corrected chi connectivity index (χ1v) is 7.14. The fourth-order valence-electron chi connectivity index (χ4n) is 2.35. The molecule has 1 saturated heterocycles. The number of benzene rings is 1. The number of hydrogen-bond acceptors (Lipinski definition) is 2. The van der Waals surface area contributed by atoms with Gasteiger partial charge >= 0.3 is 0 Å². The predicted molar refractivity (Wildman–Crippen MR) is 76.6 cm³/mol. The molecule has 19 heavy (non-hydrogen) atoms. The van der Waals surface area contributed by atoms with E-state index in [-0.39, 0.29) is 5.91 Å². The molecule has 1 fully saturated rings. The Bertz CT molecular complexity index is 430. The molecule has 0 unspecified atom stereocenters. The summed E-state index contributed by atoms with van der Waals surface area (Å²) in [7, 11) is 1.84. The van der Waals surface area contributed by atoms with Gasteiger partial charge in [-0.15, -0.1) is 0 Å². The first kappa shape index (κ1) is 14.4. The smallest absolute Gasteiger partial charge is 0.255 e. The summed E-state index contributed by atoms with van der Waals surface area (Å²) in [5, 5.41) is 0.519. The zero-order chi connectivity index (χ0) is 13.7. The van der Waals surface area contributed by atoms with Crippen LogP contribution < -0.4 is 0 Å². The molecule has 0 bridgehead atoms. The van der Waals surface area contributed by atoms with E-state index in [2.05, 4.69) is 0 Å². The molecule has 1 heterocycles. The Morgan fingerprint density at radius 2 is 2.05 bits per heavy atom. The maximum absolute atomic E-state index is 12.3. The molecule has 4 heteroatoms. The maximum atomic E-state index is 12.3. The highest BCUT2D eigenvalue weighted by Crippen LogP contribution is 2.20. The van der Waals surface area contributed by atoms with Crippen molar-refractivity contribution < 1.29 is 9.53 Å². The molecule has 1 aromatic carbocycles. The highest BCUT2D eigenvalue weighted by Gasteiger charge is 2.18. The molecule has 0 radical (unpaired) electrons. The lowest BCUT2D eigenvalue weighted by atomic mass is 9.96. The molecule has 1 aromatic rings. The molecule has 1 amide bonds. The number of hydrogen-bond donors (Lipinski definition) is 0. The normalized spacial score (nSPS) is 16.3. The summed E-state index contributed by atoms with van der Waals surface area (Å²) in [4.78, 5) is 14.0. The molecular formula is C15H20ClNO2. The van der Waals surface area contributed by atoms with Crippen LogP contribution in [-0.2, 0) is 4.74 Å². The molecule has 0 aliphatic carbocycles. The van der Waals surface area contributed by atoms with Crippen LogP contribution in [0.3, 0.4) is 0 Å². The minimum absolute atomic E-state index is 0.00217. The molecule has 0 spiro atoms. The standard InChI is InChI=1S/C15H20ClNO2/c1-17(9-6-12-7-10-19-11-8-12)15(18)13-4-2-3-5-14(13)16/h2-5,12H,6-11H2,1H3. The summed E-state index contributed by atoms with van der Waals surface area (Å²) >= 11 is 6.05. The number of ether oxygens (including phenoxy) is 1. The predicted octanol–water partition coefficient (Wildman–Crippen LogP) is 3.23. The Labute approximate surface area is 119 Å². The van der Waals surface area contributed by atoms with Crippen molar-refractivity contribution in [2.75, 3.05) is 26.8 Å². The van der Waals surface area contributed by atoms with E-state index in [0.29, 0.717) is 16.5 Å². The number of amides is 1. The summed E-state index contributed by atoms with van der Waals surface area (Å²) in [5.41, 5.74) is 0.582. The van der Waals surface area contributed by atoms with Crippen LogP contribution in [0.1, 0.15) is 29.6 Å². The Morgan fingerprint density at radius 3 is 2.74 bits per heavy atom. The first-order chi connectivity index (χ1) is 9.18. The van der Waals surface area contributed by atoms with E-state index in [0.717, 1.165) is 39.0 Å². The number of halogens is 1. The second-order valence-electron chi connectivity index (χ2n) is 5.05. The van der Waals surface area contributed by atoms with Crippen molar-refractivity contribution in [3.63, 3.8) is 0 Å². The van der Waals surface area contributed by atoms with Crippen LogP contribution in [0.25, 0.3) is 0 Å². The third kappa shape index (κ3) is 3.95. The molecular weight excluding hydrogens is 262 g/mol. The third-order valence-electron chi connectivity index (χ3n) is 3.66. The summed E-state index contributed by atoms with van der Waals surface area (Å²) in [6.45, 7) is 2.48. The van der Waals surface area contributed by atoms with Crippen molar-refractivity contribution in [1.82, 2.24) is 4.90 Å². The summed E-state index contributed by atoms with van der Waals surface area (Å²) in [6.07, 6.45) is 3.25. The zero-order valence-corrected chi connectivity index (χ0v) is 12.0. The zero-order valence-electron chi connectivity index (χ0n) is 11.3. The van der Waals surface area contributed by atoms with Gasteiger partial charge in [0.1, 0.15) is 0 Å². The van der Waals surface area contributed by atoms with E-state index < -0.39 is 0 Å². The van der Waals surface area contributed by atoms with Crippen molar-refractivity contribution in [3.8, 4) is 0 Å². The van der Waals surface area contributed by atoms with E-state index in [9.17, 15) is 4.79 Å². The number of carbonyl (C=O) groups excluding carboxylic acids is 1. The molecule has 2 rings (SSSR count). The van der Waals surface area contributed by atoms with Crippen molar-refractivity contribution >= 4 is 17.5 Å². The van der Waals surface area contributed by atoms with E-state index >= 15 is 0 Å². The highest BCUT2D eigenvalue weighted by molar-refractivity contribution is 6.33. The second-order valence-corrected chi connectivity index (χ2v) is 5.46. The Hall–Kier alpha value is -1.06. The van der Waals surface area contributed by atoms with Gasteiger partial charge in [-0.2, -0.15) is 0 Å². The lowest BCUT2D eigenvalue weighted by molar-refractivity contribution is 0.0583. The van der Waals surface area contributed by atoms with E-state index in [1.54, 1.807) is 17.0 Å². The third-order valence-corrected chi connectivity index (χ3v) is 3.99. The Morgan fingerprint density at radius 1 is 1.37 bits per heavy atom. The van der Waals surface area contributed by atoms with Crippen LogP contribution in [0.2, 0.25) is 5.02 Å². The largest absolute Gasteiger partial charge is 0.381 e. The Kier molecular flexibility index (Phi) is 5.23. The SMILES string of the molecule is CN(CCC1CCOCC1)C(=O)c1ccccc1Cl. The van der Waals surface area contributed by atoms with Gasteiger partial charge in [-0.25, -0.2) is 0 Å². The van der Waals surface area contributed by atoms with Gasteiger partial charge < -0.3 is 9.64 Å². The average Bonchev–Trinajstić information content (AvgIpc) is 2.45. The quantitative estimate of drug-likeness (QED) is 0.848. The number of nitrogens with zero attached hydrogens (tertiary/aromatic N) is 1. The lowest BCUT2D eigenvalue weighted by Crippen LogP contribution is -2.30. The van der Waals surface area contributed by atoms with Crippen LogP contribution in [0, 0.1) is 5.92 Å². The van der Waals surface area contributed by atoms with E-state index in [1.165, 1.54) is 0 Å². The van der Waals surface area contributed by atoms with Crippen molar-refractivity contribution in [2.24, 2.45) is 5.92 Å². The van der Waals surface area contributed by atoms with Gasteiger partial charge in [0.25, 0.3) is 5.91 Å². The minimum Gasteiger partial charge on any atom is -0.381 e. The molecule has 0 saturated carbocycles. The van der Waals surface area contributed by atoms with Gasteiger partial charge in [0, 0.05) is 26.8 Å². The van der Waals surface area contributed by atoms with Gasteiger partial charge in [0.2, 0.25) is 0 Å². The molecule has 0 N–H and O–H groups in total. The van der Waals surface area contributed by atoms with E-state index in [1.807, 2.05) is 19.2 Å². The summed E-state index contributed by atoms with van der Waals surface area (Å²) in [6, 6.07) is 7.20. The Balaban J connectivity index is 1.87. The molecule has 104 valence electrons. The molecule has 0 atom stereocenters. The lowest BCUT2D eigenvalue weighted by Gasteiger charge is -2.25. The van der Waals surface area contributed by atoms with Gasteiger partial charge in [0.05, 0.1) is 10.6 Å². The molecule has 0 aromatic heterocycles. The topological polar surface area (TPSA) is 29.5 Å². The fourth-order valence-corrected chi connectivity index (χ4v) is 2.57. The minimum atomic E-state index is -0.00217. The van der Waals surface area contributed by atoms with Gasteiger partial charge in [-0.05, 0) is 37.3 Å². The van der Waals surface area contributed by atoms with Crippen molar-refractivity contribution in [3.05, 3.63) is 34.9 Å². The highest BCUT2D eigenvalue weighted by atomic mass is 35.5. The van der Waals surface area contributed by atoms with Crippen LogP contribution in [-0.4, -0.2) is 37.6 Å². The van der Waals surface area contributed by atoms with Crippen LogP contribution >= 0.6 is 11.6 Å². The molecule has 1 aliphatic rings. The van der Waals surface area contributed by atoms with Gasteiger partial charge in [-0.3, -0.25) is 4.79 Å². The van der Waals surface area contributed by atoms with Gasteiger partial charge in [-0.1, -0.05) is 23.7 Å².